The van der Waals surface area contributed by atoms with Crippen LogP contribution in [0.25, 0.3) is 22.5 Å². The molecule has 0 bridgehead atoms. The van der Waals surface area contributed by atoms with Crippen molar-refractivity contribution in [3.8, 4) is 34.0 Å². The molecule has 0 aliphatic carbocycles. The fourth-order valence-corrected chi connectivity index (χ4v) is 3.36. The number of ether oxygens (including phenoxy) is 2. The van der Waals surface area contributed by atoms with Crippen molar-refractivity contribution in [2.45, 2.75) is 0 Å². The van der Waals surface area contributed by atoms with E-state index in [9.17, 15) is 0 Å². The van der Waals surface area contributed by atoms with Crippen LogP contribution in [0, 0.1) is 12.1 Å². The summed E-state index contributed by atoms with van der Waals surface area (Å²) in [5, 5.41) is 0. The van der Waals surface area contributed by atoms with E-state index in [1.54, 1.807) is 26.6 Å². The first-order chi connectivity index (χ1) is 16.4. The molecular weight excluding hydrogens is 619 g/mol. The maximum atomic E-state index is 5.21. The van der Waals surface area contributed by atoms with Crippen molar-refractivity contribution in [1.82, 2.24) is 9.97 Å². The third kappa shape index (κ3) is 7.30. The summed E-state index contributed by atoms with van der Waals surface area (Å²) >= 11 is 0. The predicted molar refractivity (Wildman–Crippen MR) is 139 cm³/mol. The number of methoxy groups -OCH3 is 2. The summed E-state index contributed by atoms with van der Waals surface area (Å²) in [7, 11) is 11.3. The van der Waals surface area contributed by atoms with Crippen molar-refractivity contribution in [2.75, 3.05) is 52.2 Å². The van der Waals surface area contributed by atoms with Crippen LogP contribution in [0.4, 0.5) is 11.4 Å². The fraction of sp³-hybridized carbons (Fsp3) is 0.214. The van der Waals surface area contributed by atoms with Crippen LogP contribution >= 0.6 is 0 Å². The first-order valence-electron chi connectivity index (χ1n) is 10.8. The third-order valence-electron chi connectivity index (χ3n) is 5.08. The summed E-state index contributed by atoms with van der Waals surface area (Å²) in [5.41, 5.74) is 5.89. The summed E-state index contributed by atoms with van der Waals surface area (Å²) in [6.45, 7) is 0. The molecule has 0 unspecified atom stereocenters. The molecule has 0 amide bonds. The Labute approximate surface area is 222 Å². The Morgan fingerprint density at radius 2 is 1.06 bits per heavy atom. The van der Waals surface area contributed by atoms with Crippen molar-refractivity contribution in [3.63, 3.8) is 0 Å². The molecule has 4 aromatic rings. The van der Waals surface area contributed by atoms with Gasteiger partial charge in [-0.15, -0.1) is 59.7 Å². The summed E-state index contributed by atoms with van der Waals surface area (Å²) in [5.74, 6) is 1.61. The molecule has 0 aliphatic heterocycles. The first kappa shape index (κ1) is 27.9. The number of hydrogen-bond acceptors (Lipinski definition) is 6. The average molecular weight is 650 g/mol. The molecular formula is C28H30N4O2Pt. The topological polar surface area (TPSA) is 50.7 Å². The SMILES string of the molecule is COc1ccnc(-c2[c-]cccc2N(C)C)c1.COc1ccnc(-c2[c-]cccc2N(C)C)c1.[Pt+2]. The molecule has 2 aromatic carbocycles. The maximum absolute atomic E-state index is 5.21. The third-order valence-corrected chi connectivity index (χ3v) is 5.08. The van der Waals surface area contributed by atoms with E-state index in [4.69, 9.17) is 9.47 Å². The molecule has 0 fully saturated rings. The molecule has 184 valence electrons. The molecule has 35 heavy (non-hydrogen) atoms. The molecule has 2 aromatic heterocycles. The summed E-state index contributed by atoms with van der Waals surface area (Å²) in [6, 6.07) is 25.8. The van der Waals surface area contributed by atoms with Crippen molar-refractivity contribution in [1.29, 1.82) is 0 Å². The Bertz CT molecular complexity index is 1120. The number of anilines is 2. The van der Waals surface area contributed by atoms with Gasteiger partial charge in [0.1, 0.15) is 11.5 Å². The first-order valence-corrected chi connectivity index (χ1v) is 10.8. The van der Waals surface area contributed by atoms with Gasteiger partial charge in [-0.25, -0.2) is 0 Å². The summed E-state index contributed by atoms with van der Waals surface area (Å²) in [4.78, 5) is 12.8. The van der Waals surface area contributed by atoms with E-state index in [2.05, 4.69) is 22.1 Å². The zero-order valence-corrected chi connectivity index (χ0v) is 23.1. The number of benzene rings is 2. The molecule has 4 rings (SSSR count). The van der Waals surface area contributed by atoms with E-state index in [-0.39, 0.29) is 21.1 Å². The minimum Gasteiger partial charge on any atom is -0.497 e. The average Bonchev–Trinajstić information content (AvgIpc) is 2.89. The molecule has 2 heterocycles. The molecule has 0 saturated heterocycles. The van der Waals surface area contributed by atoms with Gasteiger partial charge in [0.15, 0.2) is 0 Å². The normalized spacial score (nSPS) is 9.77. The maximum Gasteiger partial charge on any atom is 2.00 e. The monoisotopic (exact) mass is 649 g/mol. The Morgan fingerprint density at radius 3 is 1.40 bits per heavy atom. The molecule has 6 nitrogen and oxygen atoms in total. The molecule has 0 atom stereocenters. The molecule has 0 spiro atoms. The van der Waals surface area contributed by atoms with Gasteiger partial charge in [0.05, 0.1) is 14.2 Å². The molecule has 0 N–H and O–H groups in total. The van der Waals surface area contributed by atoms with Crippen molar-refractivity contribution >= 4 is 11.4 Å². The van der Waals surface area contributed by atoms with Gasteiger partial charge in [0, 0.05) is 12.4 Å². The van der Waals surface area contributed by atoms with E-state index in [0.717, 1.165) is 45.4 Å². The Hall–Kier alpha value is -3.37. The number of hydrogen-bond donors (Lipinski definition) is 0. The second-order valence-electron chi connectivity index (χ2n) is 7.81. The van der Waals surface area contributed by atoms with Crippen molar-refractivity contribution in [3.05, 3.63) is 85.2 Å². The van der Waals surface area contributed by atoms with Gasteiger partial charge < -0.3 is 29.2 Å². The van der Waals surface area contributed by atoms with Gasteiger partial charge in [-0.1, -0.05) is 0 Å². The zero-order valence-electron chi connectivity index (χ0n) is 20.8. The minimum atomic E-state index is 0. The fourth-order valence-electron chi connectivity index (χ4n) is 3.36. The van der Waals surface area contributed by atoms with Crippen LogP contribution < -0.4 is 19.3 Å². The van der Waals surface area contributed by atoms with Crippen LogP contribution in [0.5, 0.6) is 11.5 Å². The van der Waals surface area contributed by atoms with Gasteiger partial charge in [0.2, 0.25) is 0 Å². The molecule has 0 saturated carbocycles. The van der Waals surface area contributed by atoms with Gasteiger partial charge in [-0.05, 0) is 75.2 Å². The number of nitrogens with zero attached hydrogens (tertiary/aromatic N) is 4. The Morgan fingerprint density at radius 1 is 0.657 bits per heavy atom. The molecule has 7 heteroatoms. The van der Waals surface area contributed by atoms with E-state index in [1.807, 2.05) is 98.7 Å². The standard InChI is InChI=1S/2C14H15N2O.Pt/c2*1-16(2)14-7-5-4-6-12(14)13-10-11(17-3)8-9-15-13;/h2*4-5,7-10H,1-3H3;/q2*-1;+2. The minimum absolute atomic E-state index is 0. The van der Waals surface area contributed by atoms with E-state index < -0.39 is 0 Å². The van der Waals surface area contributed by atoms with Crippen molar-refractivity contribution in [2.24, 2.45) is 0 Å². The van der Waals surface area contributed by atoms with Crippen LogP contribution in [-0.2, 0) is 21.1 Å². The Balaban J connectivity index is 0.000000240. The second-order valence-corrected chi connectivity index (χ2v) is 7.81. The largest absolute Gasteiger partial charge is 2.00 e. The zero-order chi connectivity index (χ0) is 24.5. The van der Waals surface area contributed by atoms with Gasteiger partial charge in [-0.2, -0.15) is 0 Å². The summed E-state index contributed by atoms with van der Waals surface area (Å²) < 4.78 is 10.4. The molecule has 0 radical (unpaired) electrons. The van der Waals surface area contributed by atoms with Crippen LogP contribution in [0.2, 0.25) is 0 Å². The predicted octanol–water partition coefficient (Wildman–Crippen LogP) is 5.24. The second kappa shape index (κ2) is 13.5. The van der Waals surface area contributed by atoms with Crippen LogP contribution in [0.15, 0.2) is 73.1 Å². The number of rotatable bonds is 6. The van der Waals surface area contributed by atoms with Crippen LogP contribution in [0.1, 0.15) is 0 Å². The van der Waals surface area contributed by atoms with Gasteiger partial charge in [-0.3, -0.25) is 0 Å². The smallest absolute Gasteiger partial charge is 0.497 e. The summed E-state index contributed by atoms with van der Waals surface area (Å²) in [6.07, 6.45) is 3.49. The van der Waals surface area contributed by atoms with E-state index >= 15 is 0 Å². The number of pyridine rings is 2. The van der Waals surface area contributed by atoms with Crippen LogP contribution in [0.3, 0.4) is 0 Å². The Kier molecular flexibility index (Phi) is 10.7. The van der Waals surface area contributed by atoms with Gasteiger partial charge >= 0.3 is 21.1 Å². The van der Waals surface area contributed by atoms with Gasteiger partial charge in [0.25, 0.3) is 0 Å². The van der Waals surface area contributed by atoms with Crippen molar-refractivity contribution < 1.29 is 30.5 Å². The van der Waals surface area contributed by atoms with Crippen LogP contribution in [-0.4, -0.2) is 52.4 Å². The van der Waals surface area contributed by atoms with E-state index in [1.165, 1.54) is 0 Å². The quantitative estimate of drug-likeness (QED) is 0.267. The molecule has 0 aliphatic rings. The van der Waals surface area contributed by atoms with E-state index in [0.29, 0.717) is 0 Å². The number of aromatic nitrogens is 2.